The maximum Gasteiger partial charge on any atom is 0.508 e. The summed E-state index contributed by atoms with van der Waals surface area (Å²) < 4.78 is 11.2. The van der Waals surface area contributed by atoms with Crippen LogP contribution < -0.4 is 5.73 Å². The van der Waals surface area contributed by atoms with Crippen LogP contribution in [0.2, 0.25) is 0 Å². The fourth-order valence-electron chi connectivity index (χ4n) is 2.37. The molecule has 0 amide bonds. The zero-order chi connectivity index (χ0) is 10.4. The highest BCUT2D eigenvalue weighted by molar-refractivity contribution is 7.38. The first-order valence-corrected chi connectivity index (χ1v) is 6.89. The normalized spacial score (nSPS) is 22.0. The largest absolute Gasteiger partial charge is 0.508 e. The summed E-state index contributed by atoms with van der Waals surface area (Å²) in [7, 11) is -2.00. The van der Waals surface area contributed by atoms with E-state index in [0.717, 1.165) is 25.7 Å². The molecule has 2 atom stereocenters. The van der Waals surface area contributed by atoms with Crippen LogP contribution in [0.1, 0.15) is 44.9 Å². The van der Waals surface area contributed by atoms with Crippen LogP contribution in [-0.2, 0) is 4.57 Å². The first kappa shape index (κ1) is 12.1. The summed E-state index contributed by atoms with van der Waals surface area (Å²) in [4.78, 5) is 9.26. The van der Waals surface area contributed by atoms with Crippen molar-refractivity contribution in [1.29, 1.82) is 0 Å². The highest BCUT2D eigenvalue weighted by Crippen LogP contribution is 2.39. The Balaban J connectivity index is 2.43. The number of rotatable bonds is 5. The van der Waals surface area contributed by atoms with Crippen molar-refractivity contribution in [1.82, 2.24) is 0 Å². The van der Waals surface area contributed by atoms with E-state index in [9.17, 15) is 9.46 Å². The van der Waals surface area contributed by atoms with E-state index in [-0.39, 0.29) is 5.66 Å². The Hall–Kier alpha value is 0.0200. The molecule has 0 saturated heterocycles. The lowest BCUT2D eigenvalue weighted by Gasteiger charge is -2.22. The molecule has 14 heavy (non-hydrogen) atoms. The van der Waals surface area contributed by atoms with Crippen LogP contribution in [0.15, 0.2) is 0 Å². The van der Waals surface area contributed by atoms with Gasteiger partial charge in [-0.2, -0.15) is 4.89 Å². The van der Waals surface area contributed by atoms with E-state index in [2.05, 4.69) is 0 Å². The van der Waals surface area contributed by atoms with Crippen molar-refractivity contribution in [2.45, 2.75) is 50.6 Å². The Morgan fingerprint density at radius 1 is 1.36 bits per heavy atom. The average Bonchev–Trinajstić information content (AvgIpc) is 2.19. The number of hydrogen-bond donors (Lipinski definition) is 2. The molecule has 0 heterocycles. The van der Waals surface area contributed by atoms with Gasteiger partial charge in [-0.15, -0.1) is 0 Å². The summed E-state index contributed by atoms with van der Waals surface area (Å²) in [5.41, 5.74) is 5.44. The molecule has 3 nitrogen and oxygen atoms in total. The fraction of sp³-hybridized carbons (Fsp3) is 1.00. The third kappa shape index (κ3) is 3.64. The Morgan fingerprint density at radius 2 is 2.00 bits per heavy atom. The summed E-state index contributed by atoms with van der Waals surface area (Å²) >= 11 is 0. The maximum absolute atomic E-state index is 11.2. The van der Waals surface area contributed by atoms with Crippen LogP contribution in [-0.4, -0.2) is 17.1 Å². The molecule has 1 aliphatic carbocycles. The van der Waals surface area contributed by atoms with E-state index in [1.54, 1.807) is 0 Å². The lowest BCUT2D eigenvalue weighted by atomic mass is 9.85. The molecule has 0 aromatic heterocycles. The first-order chi connectivity index (χ1) is 6.75. The van der Waals surface area contributed by atoms with Crippen LogP contribution in [0, 0.1) is 5.92 Å². The van der Waals surface area contributed by atoms with Crippen molar-refractivity contribution >= 4 is 8.03 Å². The minimum absolute atomic E-state index is 0.00819. The molecule has 1 fully saturated rings. The van der Waals surface area contributed by atoms with Gasteiger partial charge in [0.1, 0.15) is 0 Å². The summed E-state index contributed by atoms with van der Waals surface area (Å²) in [6, 6.07) is 0. The van der Waals surface area contributed by atoms with E-state index in [1.807, 2.05) is 0 Å². The van der Waals surface area contributed by atoms with Crippen molar-refractivity contribution in [2.75, 3.05) is 6.54 Å². The zero-order valence-corrected chi connectivity index (χ0v) is 9.59. The third-order valence-corrected chi connectivity index (χ3v) is 4.43. The van der Waals surface area contributed by atoms with E-state index < -0.39 is 8.03 Å². The lowest BCUT2D eigenvalue weighted by Crippen LogP contribution is -2.21. The number of nitrogens with two attached hydrogens (primary N) is 1. The summed E-state index contributed by atoms with van der Waals surface area (Å²) in [5, 5.41) is 0. The van der Waals surface area contributed by atoms with E-state index >= 15 is 0 Å². The summed E-state index contributed by atoms with van der Waals surface area (Å²) in [6.45, 7) is 0.631. The zero-order valence-electron chi connectivity index (χ0n) is 8.69. The molecule has 1 saturated carbocycles. The molecule has 0 bridgehead atoms. The van der Waals surface area contributed by atoms with Gasteiger partial charge >= 0.3 is 8.03 Å². The van der Waals surface area contributed by atoms with Gasteiger partial charge in [0.25, 0.3) is 0 Å². The molecule has 1 rings (SSSR count). The summed E-state index contributed by atoms with van der Waals surface area (Å²) in [6.07, 6.45) is 7.73. The highest BCUT2D eigenvalue weighted by Gasteiger charge is 2.37. The van der Waals surface area contributed by atoms with E-state index in [1.165, 1.54) is 19.3 Å². The molecule has 4 heteroatoms. The molecule has 3 N–H and O–H groups in total. The molecular formula is C10H21NO2P+. The van der Waals surface area contributed by atoms with Crippen LogP contribution in [0.25, 0.3) is 0 Å². The van der Waals surface area contributed by atoms with Crippen LogP contribution in [0.5, 0.6) is 0 Å². The van der Waals surface area contributed by atoms with Crippen molar-refractivity contribution in [3.63, 3.8) is 0 Å². The van der Waals surface area contributed by atoms with Crippen LogP contribution in [0.4, 0.5) is 0 Å². The molecule has 0 aromatic rings. The average molecular weight is 218 g/mol. The predicted molar refractivity (Wildman–Crippen MR) is 58.5 cm³/mol. The minimum atomic E-state index is -2.00. The van der Waals surface area contributed by atoms with Crippen molar-refractivity contribution in [3.8, 4) is 0 Å². The summed E-state index contributed by atoms with van der Waals surface area (Å²) in [5.74, 6) is 0.476. The van der Waals surface area contributed by atoms with E-state index in [4.69, 9.17) is 5.73 Å². The highest BCUT2D eigenvalue weighted by atomic mass is 31.1. The van der Waals surface area contributed by atoms with Gasteiger partial charge < -0.3 is 5.73 Å². The second-order valence-corrected chi connectivity index (χ2v) is 5.47. The van der Waals surface area contributed by atoms with Gasteiger partial charge in [-0.3, -0.25) is 0 Å². The molecule has 2 unspecified atom stereocenters. The van der Waals surface area contributed by atoms with Crippen LogP contribution in [0.3, 0.4) is 0 Å². The topological polar surface area (TPSA) is 63.3 Å². The van der Waals surface area contributed by atoms with Gasteiger partial charge in [0.05, 0.1) is 0 Å². The smallest absolute Gasteiger partial charge is 0.330 e. The Bertz CT molecular complexity index is 181. The molecule has 82 valence electrons. The molecule has 0 radical (unpaired) electrons. The van der Waals surface area contributed by atoms with Crippen molar-refractivity contribution in [3.05, 3.63) is 0 Å². The Kier molecular flexibility index (Phi) is 5.61. The Morgan fingerprint density at radius 3 is 2.50 bits per heavy atom. The van der Waals surface area contributed by atoms with Crippen LogP contribution >= 0.6 is 8.03 Å². The Labute approximate surface area is 86.9 Å². The SMILES string of the molecule is NCCCC(C1CCCCC1)[P+](=O)O. The van der Waals surface area contributed by atoms with Gasteiger partial charge in [-0.05, 0) is 36.8 Å². The second-order valence-electron chi connectivity index (χ2n) is 4.20. The fourth-order valence-corrected chi connectivity index (χ4v) is 3.43. The number of hydrogen-bond acceptors (Lipinski definition) is 2. The van der Waals surface area contributed by atoms with E-state index in [0.29, 0.717) is 12.5 Å². The van der Waals surface area contributed by atoms with Crippen molar-refractivity contribution in [2.24, 2.45) is 11.7 Å². The standard InChI is InChI=1S/C10H20NO2P/c11-8-4-7-10(14(12)13)9-5-2-1-3-6-9/h9-10H,1-8,11H2/p+1. The first-order valence-electron chi connectivity index (χ1n) is 5.61. The monoisotopic (exact) mass is 218 g/mol. The van der Waals surface area contributed by atoms with Gasteiger partial charge in [0, 0.05) is 5.92 Å². The van der Waals surface area contributed by atoms with Crippen molar-refractivity contribution < 1.29 is 9.46 Å². The molecule has 1 aliphatic rings. The minimum Gasteiger partial charge on any atom is -0.330 e. The molecule has 0 aliphatic heterocycles. The second kappa shape index (κ2) is 6.49. The lowest BCUT2D eigenvalue weighted by molar-refractivity contribution is 0.321. The predicted octanol–water partition coefficient (Wildman–Crippen LogP) is 2.41. The third-order valence-electron chi connectivity index (χ3n) is 3.18. The van der Waals surface area contributed by atoms with Gasteiger partial charge in [-0.1, -0.05) is 19.3 Å². The molecular weight excluding hydrogens is 197 g/mol. The molecule has 0 spiro atoms. The van der Waals surface area contributed by atoms with Gasteiger partial charge in [0.2, 0.25) is 0 Å². The van der Waals surface area contributed by atoms with Gasteiger partial charge in [0.15, 0.2) is 5.66 Å². The maximum atomic E-state index is 11.2. The molecule has 0 aromatic carbocycles. The van der Waals surface area contributed by atoms with Gasteiger partial charge in [-0.25, -0.2) is 0 Å². The quantitative estimate of drug-likeness (QED) is 0.696.